The number of phenolic OH excluding ortho intramolecular Hbond substituents is 1. The van der Waals surface area contributed by atoms with Gasteiger partial charge in [0.2, 0.25) is 0 Å². The number of aromatic nitrogens is 2. The molecule has 13 heteroatoms. The molecular weight excluding hydrogens is 768 g/mol. The van der Waals surface area contributed by atoms with E-state index in [1.165, 1.54) is 54.1 Å². The maximum Gasteiger partial charge on any atom is 0.269 e. The zero-order valence-electron chi connectivity index (χ0n) is 28.6. The van der Waals surface area contributed by atoms with Crippen LogP contribution in [0.4, 0.5) is 8.78 Å². The lowest BCUT2D eigenvalue weighted by molar-refractivity contribution is 0.0511. The van der Waals surface area contributed by atoms with Crippen LogP contribution in [0.1, 0.15) is 13.8 Å². The third-order valence-corrected chi connectivity index (χ3v) is 9.37. The van der Waals surface area contributed by atoms with Gasteiger partial charge in [0.1, 0.15) is 33.2 Å². The Morgan fingerprint density at radius 1 is 0.585 bits per heavy atom. The van der Waals surface area contributed by atoms with E-state index in [-0.39, 0.29) is 45.3 Å². The number of methoxy groups -OCH3 is 1. The maximum atomic E-state index is 13.4. The minimum atomic E-state index is -0.375. The lowest BCUT2D eigenvalue weighted by Crippen LogP contribution is -2.22. The standard InChI is InChI=1S/C21H18Cl2FNO3.C19H14Cl2FNO2/c1-3-25-20(13-4-6-14(24)7-5-13)17(11-19(23)21(25)26)16-10-15(28-12-27-2)8-9-18(16)22;1-2-23-18(11-3-5-12(22)6-4-11)15(10-17(21)19(23)25)14-9-13(24)7-8-16(14)20/h4-11H,3,12H2,1-2H3;3-10,24H,2H2,1H3. The highest BCUT2D eigenvalue weighted by atomic mass is 35.5. The molecule has 53 heavy (non-hydrogen) atoms. The molecule has 6 rings (SSSR count). The van der Waals surface area contributed by atoms with Crippen LogP contribution in [0.2, 0.25) is 20.1 Å². The Kier molecular flexibility index (Phi) is 13.0. The van der Waals surface area contributed by atoms with Crippen molar-refractivity contribution in [1.29, 1.82) is 0 Å². The largest absolute Gasteiger partial charge is 0.508 e. The van der Waals surface area contributed by atoms with E-state index in [1.807, 2.05) is 13.8 Å². The van der Waals surface area contributed by atoms with E-state index in [9.17, 15) is 23.5 Å². The van der Waals surface area contributed by atoms with Gasteiger partial charge in [-0.3, -0.25) is 9.59 Å². The molecule has 0 saturated carbocycles. The van der Waals surface area contributed by atoms with Crippen molar-refractivity contribution in [2.24, 2.45) is 0 Å². The average Bonchev–Trinajstić information content (AvgIpc) is 3.15. The Morgan fingerprint density at radius 2 is 1.02 bits per heavy atom. The molecule has 0 aliphatic heterocycles. The molecule has 0 aliphatic rings. The highest BCUT2D eigenvalue weighted by Gasteiger charge is 2.20. The van der Waals surface area contributed by atoms with Gasteiger partial charge in [-0.15, -0.1) is 0 Å². The van der Waals surface area contributed by atoms with E-state index in [0.717, 1.165) is 0 Å². The monoisotopic (exact) mass is 798 g/mol. The number of pyridine rings is 2. The Labute approximate surface area is 324 Å². The van der Waals surface area contributed by atoms with Gasteiger partial charge in [-0.1, -0.05) is 46.4 Å². The minimum absolute atomic E-state index is 0.0369. The van der Waals surface area contributed by atoms with Crippen LogP contribution >= 0.6 is 46.4 Å². The topological polar surface area (TPSA) is 82.7 Å². The Morgan fingerprint density at radius 3 is 1.45 bits per heavy atom. The smallest absolute Gasteiger partial charge is 0.269 e. The molecule has 0 saturated heterocycles. The Bertz CT molecular complexity index is 2380. The number of ether oxygens (including phenoxy) is 2. The first-order valence-corrected chi connectivity index (χ1v) is 17.7. The summed E-state index contributed by atoms with van der Waals surface area (Å²) in [5, 5.41) is 10.8. The lowest BCUT2D eigenvalue weighted by atomic mass is 9.98. The summed E-state index contributed by atoms with van der Waals surface area (Å²) in [6.45, 7) is 4.50. The van der Waals surface area contributed by atoms with Gasteiger partial charge in [-0.05, 0) is 122 Å². The predicted molar refractivity (Wildman–Crippen MR) is 209 cm³/mol. The molecule has 2 heterocycles. The lowest BCUT2D eigenvalue weighted by Gasteiger charge is -2.19. The van der Waals surface area contributed by atoms with Gasteiger partial charge in [0, 0.05) is 52.5 Å². The van der Waals surface area contributed by atoms with E-state index < -0.39 is 0 Å². The summed E-state index contributed by atoms with van der Waals surface area (Å²) in [6.07, 6.45) is 0. The maximum absolute atomic E-state index is 13.4. The van der Waals surface area contributed by atoms with E-state index in [2.05, 4.69) is 0 Å². The van der Waals surface area contributed by atoms with Gasteiger partial charge >= 0.3 is 0 Å². The number of rotatable bonds is 9. The molecular formula is C40H32Cl4F2N2O5. The van der Waals surface area contributed by atoms with Gasteiger partial charge in [0.05, 0.1) is 11.4 Å². The predicted octanol–water partition coefficient (Wildman–Crippen LogP) is 11.0. The third kappa shape index (κ3) is 8.78. The first-order chi connectivity index (χ1) is 25.4. The van der Waals surface area contributed by atoms with Crippen molar-refractivity contribution >= 4 is 46.4 Å². The fourth-order valence-electron chi connectivity index (χ4n) is 5.76. The van der Waals surface area contributed by atoms with Crippen molar-refractivity contribution in [1.82, 2.24) is 9.13 Å². The number of nitrogens with zero attached hydrogens (tertiary/aromatic N) is 2. The van der Waals surface area contributed by atoms with E-state index in [0.29, 0.717) is 73.7 Å². The number of aromatic hydroxyl groups is 1. The second-order valence-corrected chi connectivity index (χ2v) is 13.1. The minimum Gasteiger partial charge on any atom is -0.508 e. The molecule has 0 radical (unpaired) electrons. The molecule has 0 fully saturated rings. The second-order valence-electron chi connectivity index (χ2n) is 11.5. The number of hydrogen-bond donors (Lipinski definition) is 1. The average molecular weight is 801 g/mol. The van der Waals surface area contributed by atoms with Crippen molar-refractivity contribution < 1.29 is 23.4 Å². The molecule has 0 aliphatic carbocycles. The normalized spacial score (nSPS) is 10.9. The summed E-state index contributed by atoms with van der Waals surface area (Å²) in [5.41, 5.74) is 4.21. The van der Waals surface area contributed by atoms with Gasteiger partial charge in [0.15, 0.2) is 6.79 Å². The molecule has 0 spiro atoms. The molecule has 4 aromatic carbocycles. The second kappa shape index (κ2) is 17.5. The molecule has 2 aromatic heterocycles. The van der Waals surface area contributed by atoms with Crippen LogP contribution in [0.5, 0.6) is 11.5 Å². The van der Waals surface area contributed by atoms with Crippen molar-refractivity contribution in [3.05, 3.63) is 149 Å². The molecule has 274 valence electrons. The summed E-state index contributed by atoms with van der Waals surface area (Å²) in [6, 6.07) is 24.6. The molecule has 0 unspecified atom stereocenters. The van der Waals surface area contributed by atoms with Gasteiger partial charge in [-0.25, -0.2) is 8.78 Å². The van der Waals surface area contributed by atoms with Crippen LogP contribution in [0.15, 0.2) is 107 Å². The fraction of sp³-hybridized carbons (Fsp3) is 0.150. The first kappa shape index (κ1) is 39.6. The van der Waals surface area contributed by atoms with E-state index >= 15 is 0 Å². The van der Waals surface area contributed by atoms with E-state index in [4.69, 9.17) is 55.9 Å². The Hall–Kier alpha value is -4.64. The van der Waals surface area contributed by atoms with Crippen LogP contribution in [0.3, 0.4) is 0 Å². The fourth-order valence-corrected chi connectivity index (χ4v) is 6.63. The molecule has 0 amide bonds. The van der Waals surface area contributed by atoms with Crippen LogP contribution < -0.4 is 15.9 Å². The van der Waals surface area contributed by atoms with Crippen molar-refractivity contribution in [3.8, 4) is 56.3 Å². The van der Waals surface area contributed by atoms with Crippen molar-refractivity contribution in [2.45, 2.75) is 26.9 Å². The van der Waals surface area contributed by atoms with Crippen LogP contribution in [0.25, 0.3) is 44.8 Å². The molecule has 1 N–H and O–H groups in total. The van der Waals surface area contributed by atoms with Crippen molar-refractivity contribution in [3.63, 3.8) is 0 Å². The number of phenols is 1. The molecule has 0 atom stereocenters. The quantitative estimate of drug-likeness (QED) is 0.147. The molecule has 0 bridgehead atoms. The zero-order valence-corrected chi connectivity index (χ0v) is 31.6. The molecule has 7 nitrogen and oxygen atoms in total. The zero-order chi connectivity index (χ0) is 38.4. The van der Waals surface area contributed by atoms with Gasteiger partial charge in [0.25, 0.3) is 11.1 Å². The SMILES string of the molecule is CCn1c(-c2ccc(F)cc2)c(-c2cc(O)ccc2Cl)cc(Cl)c1=O.CCn1c(-c2ccc(F)cc2)c(-c2cc(OCOC)ccc2Cl)cc(Cl)c1=O. The van der Waals surface area contributed by atoms with Crippen molar-refractivity contribution in [2.75, 3.05) is 13.9 Å². The summed E-state index contributed by atoms with van der Waals surface area (Å²) < 4.78 is 40.3. The highest BCUT2D eigenvalue weighted by Crippen LogP contribution is 2.40. The number of benzene rings is 4. The summed E-state index contributed by atoms with van der Waals surface area (Å²) in [5.74, 6) is -0.149. The van der Waals surface area contributed by atoms with Crippen LogP contribution in [0, 0.1) is 11.6 Å². The highest BCUT2D eigenvalue weighted by molar-refractivity contribution is 6.35. The summed E-state index contributed by atoms with van der Waals surface area (Å²) >= 11 is 25.1. The number of hydrogen-bond acceptors (Lipinski definition) is 5. The van der Waals surface area contributed by atoms with Crippen LogP contribution in [-0.4, -0.2) is 28.1 Å². The van der Waals surface area contributed by atoms with Crippen LogP contribution in [-0.2, 0) is 17.8 Å². The summed E-state index contributed by atoms with van der Waals surface area (Å²) in [4.78, 5) is 25.1. The molecule has 6 aromatic rings. The third-order valence-electron chi connectivity index (χ3n) is 8.17. The Balaban J connectivity index is 0.000000206. The first-order valence-electron chi connectivity index (χ1n) is 16.2. The van der Waals surface area contributed by atoms with E-state index in [1.54, 1.807) is 59.2 Å². The van der Waals surface area contributed by atoms with Gasteiger partial charge < -0.3 is 23.7 Å². The summed E-state index contributed by atoms with van der Waals surface area (Å²) in [7, 11) is 1.53. The number of halogens is 6. The van der Waals surface area contributed by atoms with Gasteiger partial charge in [-0.2, -0.15) is 0 Å².